The summed E-state index contributed by atoms with van der Waals surface area (Å²) >= 11 is 0. The first-order valence-corrected chi connectivity index (χ1v) is 8.29. The summed E-state index contributed by atoms with van der Waals surface area (Å²) in [5, 5.41) is 7.45. The van der Waals surface area contributed by atoms with Crippen LogP contribution in [0.5, 0.6) is 0 Å². The largest absolute Gasteiger partial charge is 0.379 e. The zero-order valence-corrected chi connectivity index (χ0v) is 14.4. The number of rotatable bonds is 3. The van der Waals surface area contributed by atoms with Crippen molar-refractivity contribution in [2.75, 3.05) is 25.5 Å². The first kappa shape index (κ1) is 16.5. The van der Waals surface area contributed by atoms with Gasteiger partial charge in [-0.25, -0.2) is 9.48 Å². The molecule has 0 unspecified atom stereocenters. The van der Waals surface area contributed by atoms with E-state index in [0.29, 0.717) is 12.5 Å². The van der Waals surface area contributed by atoms with E-state index >= 15 is 0 Å². The second-order valence-corrected chi connectivity index (χ2v) is 6.34. The van der Waals surface area contributed by atoms with Crippen LogP contribution in [0.3, 0.4) is 0 Å². The van der Waals surface area contributed by atoms with E-state index in [1.807, 2.05) is 48.4 Å². The van der Waals surface area contributed by atoms with Crippen LogP contribution >= 0.6 is 0 Å². The molecule has 0 spiro atoms. The fraction of sp³-hybridized carbons (Fsp3) is 0.444. The van der Waals surface area contributed by atoms with Gasteiger partial charge in [-0.05, 0) is 37.5 Å². The van der Waals surface area contributed by atoms with Crippen molar-refractivity contribution in [3.05, 3.63) is 42.2 Å². The molecule has 1 aliphatic heterocycles. The molecule has 1 aromatic carbocycles. The van der Waals surface area contributed by atoms with Crippen LogP contribution < -0.4 is 5.32 Å². The molecule has 3 rings (SSSR count). The molecule has 24 heavy (non-hydrogen) atoms. The van der Waals surface area contributed by atoms with Crippen LogP contribution in [0.15, 0.2) is 36.5 Å². The van der Waals surface area contributed by atoms with Crippen molar-refractivity contribution in [1.82, 2.24) is 14.7 Å². The Morgan fingerprint density at radius 1 is 1.33 bits per heavy atom. The lowest BCUT2D eigenvalue weighted by molar-refractivity contribution is 0.00896. The molecule has 6 nitrogen and oxygen atoms in total. The number of urea groups is 1. The van der Waals surface area contributed by atoms with Crippen LogP contribution in [0.4, 0.5) is 10.5 Å². The monoisotopic (exact) mass is 328 g/mol. The summed E-state index contributed by atoms with van der Waals surface area (Å²) in [4.78, 5) is 14.5. The number of nitrogens with one attached hydrogen (secondary N) is 1. The number of hydrogen-bond acceptors (Lipinski definition) is 3. The number of benzene rings is 1. The molecule has 0 aliphatic carbocycles. The van der Waals surface area contributed by atoms with Gasteiger partial charge in [0.15, 0.2) is 0 Å². The van der Waals surface area contributed by atoms with Crippen molar-refractivity contribution in [2.45, 2.75) is 26.4 Å². The van der Waals surface area contributed by atoms with Crippen molar-refractivity contribution in [3.8, 4) is 5.69 Å². The standard InChI is InChI=1S/C18H24N4O2/c1-13-8-10-21(12-17(13)24-3)18(23)19-15-6-4-5-7-16(15)22-11-9-14(2)20-22/h4-7,9,11,13,17H,8,10,12H2,1-3H3,(H,19,23)/t13-,17-/m0/s1. The highest BCUT2D eigenvalue weighted by molar-refractivity contribution is 5.91. The fourth-order valence-electron chi connectivity index (χ4n) is 3.05. The number of para-hydroxylation sites is 2. The van der Waals surface area contributed by atoms with E-state index < -0.39 is 0 Å². The highest BCUT2D eigenvalue weighted by Gasteiger charge is 2.29. The number of piperidine rings is 1. The molecule has 0 radical (unpaired) electrons. The zero-order chi connectivity index (χ0) is 17.1. The van der Waals surface area contributed by atoms with E-state index in [1.54, 1.807) is 11.8 Å². The number of aryl methyl sites for hydroxylation is 1. The molecule has 0 bridgehead atoms. The van der Waals surface area contributed by atoms with Gasteiger partial charge in [0, 0.05) is 26.4 Å². The summed E-state index contributed by atoms with van der Waals surface area (Å²) in [5.74, 6) is 0.471. The quantitative estimate of drug-likeness (QED) is 0.942. The van der Waals surface area contributed by atoms with E-state index in [4.69, 9.17) is 4.74 Å². The van der Waals surface area contributed by atoms with Crippen LogP contribution in [-0.4, -0.2) is 47.0 Å². The van der Waals surface area contributed by atoms with Gasteiger partial charge in [0.2, 0.25) is 0 Å². The topological polar surface area (TPSA) is 59.4 Å². The normalized spacial score (nSPS) is 20.9. The van der Waals surface area contributed by atoms with Crippen LogP contribution in [0.1, 0.15) is 19.0 Å². The molecule has 128 valence electrons. The fourth-order valence-corrected chi connectivity index (χ4v) is 3.05. The van der Waals surface area contributed by atoms with Gasteiger partial charge in [0.1, 0.15) is 0 Å². The lowest BCUT2D eigenvalue weighted by atomic mass is 9.96. The minimum Gasteiger partial charge on any atom is -0.379 e. The number of methoxy groups -OCH3 is 1. The smallest absolute Gasteiger partial charge is 0.321 e. The Kier molecular flexibility index (Phi) is 4.85. The average molecular weight is 328 g/mol. The molecule has 0 saturated carbocycles. The highest BCUT2D eigenvalue weighted by atomic mass is 16.5. The van der Waals surface area contributed by atoms with Crippen molar-refractivity contribution >= 4 is 11.7 Å². The molecule has 2 aromatic rings. The predicted octanol–water partition coefficient (Wildman–Crippen LogP) is 3.07. The number of anilines is 1. The molecule has 1 N–H and O–H groups in total. The van der Waals surface area contributed by atoms with Gasteiger partial charge in [-0.3, -0.25) is 0 Å². The van der Waals surface area contributed by atoms with Crippen molar-refractivity contribution < 1.29 is 9.53 Å². The molecule has 2 heterocycles. The van der Waals surface area contributed by atoms with E-state index in [2.05, 4.69) is 17.3 Å². The summed E-state index contributed by atoms with van der Waals surface area (Å²) in [6, 6.07) is 9.52. The summed E-state index contributed by atoms with van der Waals surface area (Å²) in [7, 11) is 1.71. The van der Waals surface area contributed by atoms with E-state index in [-0.39, 0.29) is 12.1 Å². The minimum atomic E-state index is -0.0970. The molecular weight excluding hydrogens is 304 g/mol. The number of nitrogens with zero attached hydrogens (tertiary/aromatic N) is 3. The Labute approximate surface area is 142 Å². The highest BCUT2D eigenvalue weighted by Crippen LogP contribution is 2.23. The number of carbonyl (C=O) groups is 1. The molecule has 1 fully saturated rings. The molecule has 2 atom stereocenters. The second kappa shape index (κ2) is 7.05. The number of ether oxygens (including phenoxy) is 1. The lowest BCUT2D eigenvalue weighted by Gasteiger charge is -2.36. The van der Waals surface area contributed by atoms with Crippen molar-refractivity contribution in [3.63, 3.8) is 0 Å². The number of amides is 2. The maximum atomic E-state index is 12.7. The SMILES string of the molecule is CO[C@H]1CN(C(=O)Nc2ccccc2-n2ccc(C)n2)CC[C@@H]1C. The Hall–Kier alpha value is -2.34. The summed E-state index contributed by atoms with van der Waals surface area (Å²) in [6.45, 7) is 5.47. The molecule has 1 aromatic heterocycles. The first-order valence-electron chi connectivity index (χ1n) is 8.29. The molecule has 1 saturated heterocycles. The van der Waals surface area contributed by atoms with Gasteiger partial charge in [0.05, 0.1) is 23.2 Å². The van der Waals surface area contributed by atoms with E-state index in [9.17, 15) is 4.79 Å². The summed E-state index contributed by atoms with van der Waals surface area (Å²) in [6.07, 6.45) is 2.93. The minimum absolute atomic E-state index is 0.0912. The third-order valence-electron chi connectivity index (χ3n) is 4.59. The van der Waals surface area contributed by atoms with E-state index in [0.717, 1.165) is 30.0 Å². The number of likely N-dealkylation sites (tertiary alicyclic amines) is 1. The van der Waals surface area contributed by atoms with Crippen LogP contribution in [0.2, 0.25) is 0 Å². The van der Waals surface area contributed by atoms with Crippen LogP contribution in [0.25, 0.3) is 5.69 Å². The van der Waals surface area contributed by atoms with Gasteiger partial charge in [-0.2, -0.15) is 5.10 Å². The van der Waals surface area contributed by atoms with Crippen LogP contribution in [-0.2, 0) is 4.74 Å². The molecular formula is C18H24N4O2. The average Bonchev–Trinajstić information content (AvgIpc) is 3.02. The second-order valence-electron chi connectivity index (χ2n) is 6.34. The lowest BCUT2D eigenvalue weighted by Crippen LogP contribution is -2.48. The summed E-state index contributed by atoms with van der Waals surface area (Å²) < 4.78 is 7.27. The van der Waals surface area contributed by atoms with Gasteiger partial charge in [-0.1, -0.05) is 19.1 Å². The third-order valence-corrected chi connectivity index (χ3v) is 4.59. The summed E-state index contributed by atoms with van der Waals surface area (Å²) in [5.41, 5.74) is 2.54. The van der Waals surface area contributed by atoms with Gasteiger partial charge < -0.3 is 15.0 Å². The van der Waals surface area contributed by atoms with Gasteiger partial charge >= 0.3 is 6.03 Å². The maximum absolute atomic E-state index is 12.7. The Balaban J connectivity index is 1.75. The van der Waals surface area contributed by atoms with Crippen LogP contribution in [0, 0.1) is 12.8 Å². The van der Waals surface area contributed by atoms with Gasteiger partial charge in [0.25, 0.3) is 0 Å². The zero-order valence-electron chi connectivity index (χ0n) is 14.4. The number of aromatic nitrogens is 2. The number of hydrogen-bond donors (Lipinski definition) is 1. The predicted molar refractivity (Wildman–Crippen MR) is 93.5 cm³/mol. The van der Waals surface area contributed by atoms with E-state index in [1.165, 1.54) is 0 Å². The van der Waals surface area contributed by atoms with Crippen molar-refractivity contribution in [1.29, 1.82) is 0 Å². The Bertz CT molecular complexity index is 713. The first-order chi connectivity index (χ1) is 11.6. The maximum Gasteiger partial charge on any atom is 0.321 e. The Morgan fingerprint density at radius 3 is 2.83 bits per heavy atom. The molecule has 1 aliphatic rings. The molecule has 6 heteroatoms. The van der Waals surface area contributed by atoms with Gasteiger partial charge in [-0.15, -0.1) is 0 Å². The molecule has 2 amide bonds. The number of carbonyl (C=O) groups excluding carboxylic acids is 1. The van der Waals surface area contributed by atoms with Crippen molar-refractivity contribution in [2.24, 2.45) is 5.92 Å². The Morgan fingerprint density at radius 2 is 2.12 bits per heavy atom. The third kappa shape index (κ3) is 3.43.